The molecule has 0 fully saturated rings. The molecule has 0 amide bonds. The van der Waals surface area contributed by atoms with E-state index in [2.05, 4.69) is 17.2 Å². The third-order valence-corrected chi connectivity index (χ3v) is 0.249. The van der Waals surface area contributed by atoms with Gasteiger partial charge in [0.2, 0.25) is 0 Å². The molecule has 0 radical (unpaired) electrons. The summed E-state index contributed by atoms with van der Waals surface area (Å²) in [5.74, 6) is 0. The minimum Gasteiger partial charge on any atom is -0.233 e. The van der Waals surface area contributed by atoms with Gasteiger partial charge in [0.05, 0.1) is 7.90 Å². The Kier molecular flexibility index (Phi) is 0.768. The molecule has 0 aromatic rings. The monoisotopic (exact) mass is 108 g/mol. The lowest BCUT2D eigenvalue weighted by Gasteiger charge is -1.73. The van der Waals surface area contributed by atoms with Crippen molar-refractivity contribution in [2.24, 2.45) is 4.99 Å². The largest absolute Gasteiger partial charge is 0.233 e. The summed E-state index contributed by atoms with van der Waals surface area (Å²) in [7, 11) is 0. The van der Waals surface area contributed by atoms with Crippen molar-refractivity contribution in [3.63, 3.8) is 0 Å². The minimum atomic E-state index is -3.09. The Balaban J connectivity index is 5.14. The molecule has 0 aliphatic rings. The van der Waals surface area contributed by atoms with E-state index < -0.39 is 19.7 Å². The zero-order chi connectivity index (χ0) is 10.9. The Labute approximate surface area is 52.9 Å². The molecule has 0 N–H and O–H groups in total. The van der Waals surface area contributed by atoms with E-state index in [-0.39, 0.29) is 0 Å². The van der Waals surface area contributed by atoms with Gasteiger partial charge in [-0.1, -0.05) is 6.85 Å². The summed E-state index contributed by atoms with van der Waals surface area (Å²) in [5.41, 5.74) is 0. The number of hydrogen-bond donors (Lipinski definition) is 0. The second-order valence-electron chi connectivity index (χ2n) is 0.440. The zero-order valence-electron chi connectivity index (χ0n) is 9.86. The van der Waals surface area contributed by atoms with Gasteiger partial charge in [0.1, 0.15) is 0 Å². The summed E-state index contributed by atoms with van der Waals surface area (Å²) in [5, 5.41) is 1.63. The summed E-state index contributed by atoms with van der Waals surface area (Å²) in [6.45, 7) is -5.98. The molecule has 34 valence electrons. The number of isothiocyanates is 1. The lowest BCUT2D eigenvalue weighted by atomic mass is 10.5. The molecule has 0 aromatic heterocycles. The fraction of sp³-hybridized carbons (Fsp3) is 0.750. The van der Waals surface area contributed by atoms with Crippen LogP contribution in [0.3, 0.4) is 0 Å². The summed E-state index contributed by atoms with van der Waals surface area (Å²) in [6.07, 6.45) is -3.08. The highest BCUT2D eigenvalue weighted by Crippen LogP contribution is 1.71. The second-order valence-corrected chi connectivity index (χ2v) is 0.622. The van der Waals surface area contributed by atoms with Crippen molar-refractivity contribution in [1.82, 2.24) is 0 Å². The van der Waals surface area contributed by atoms with Crippen LogP contribution in [0, 0.1) is 0 Å². The number of hydrogen-bond acceptors (Lipinski definition) is 2. The van der Waals surface area contributed by atoms with Crippen molar-refractivity contribution in [3.05, 3.63) is 0 Å². The third kappa shape index (κ3) is 3.80. The average Bonchev–Trinajstić information content (AvgIpc) is 1.84. The molecule has 0 aliphatic heterocycles. The number of rotatable bonds is 2. The van der Waals surface area contributed by atoms with Crippen LogP contribution in [0.4, 0.5) is 0 Å². The SMILES string of the molecule is [2H]C([2H])([2H])C([2H])([2H])C([2H])([2H])N=C=S. The van der Waals surface area contributed by atoms with E-state index in [0.717, 1.165) is 0 Å². The molecule has 0 heterocycles. The van der Waals surface area contributed by atoms with Gasteiger partial charge in [-0.3, -0.25) is 0 Å². The standard InChI is InChI=1S/C4H7NS/c1-2-3-5-4-6/h2-3H2,1H3/i1D3,2D2,3D2. The predicted molar refractivity (Wildman–Crippen MR) is 30.2 cm³/mol. The van der Waals surface area contributed by atoms with E-state index in [1.807, 2.05) is 0 Å². The first-order valence-corrected chi connectivity index (χ1v) is 1.56. The van der Waals surface area contributed by atoms with Gasteiger partial charge in [0.25, 0.3) is 0 Å². The predicted octanol–water partition coefficient (Wildman–Crippen LogP) is 1.50. The molecule has 0 aliphatic carbocycles. The van der Waals surface area contributed by atoms with Gasteiger partial charge in [-0.15, -0.1) is 0 Å². The highest BCUT2D eigenvalue weighted by molar-refractivity contribution is 7.78. The average molecular weight is 108 g/mol. The first-order chi connectivity index (χ1) is 5.56. The van der Waals surface area contributed by atoms with Gasteiger partial charge in [0.15, 0.2) is 0 Å². The maximum atomic E-state index is 7.03. The molecule has 0 spiro atoms. The lowest BCUT2D eigenvalue weighted by molar-refractivity contribution is 0.939. The molecule has 0 saturated heterocycles. The molecule has 0 rings (SSSR count). The molecule has 2 heteroatoms. The Bertz CT molecular complexity index is 237. The second kappa shape index (κ2) is 4.80. The smallest absolute Gasteiger partial charge is 0.0584 e. The molecule has 1 nitrogen and oxygen atoms in total. The summed E-state index contributed by atoms with van der Waals surface area (Å²) in [4.78, 5) is 2.86. The van der Waals surface area contributed by atoms with Crippen LogP contribution in [-0.2, 0) is 0 Å². The lowest BCUT2D eigenvalue weighted by Crippen LogP contribution is -1.68. The van der Waals surface area contributed by atoms with Crippen LogP contribution in [-0.4, -0.2) is 11.7 Å². The van der Waals surface area contributed by atoms with Crippen LogP contribution in [0.5, 0.6) is 0 Å². The molecule has 0 bridgehead atoms. The topological polar surface area (TPSA) is 12.4 Å². The number of aliphatic imine (C=N–C) groups is 1. The molecular weight excluding hydrogens is 94.1 g/mol. The van der Waals surface area contributed by atoms with Crippen molar-refractivity contribution in [2.45, 2.75) is 13.2 Å². The van der Waals surface area contributed by atoms with E-state index in [0.29, 0.717) is 0 Å². The van der Waals surface area contributed by atoms with E-state index in [1.165, 1.54) is 0 Å². The van der Waals surface area contributed by atoms with E-state index >= 15 is 0 Å². The van der Waals surface area contributed by atoms with E-state index in [9.17, 15) is 0 Å². The van der Waals surface area contributed by atoms with Crippen molar-refractivity contribution in [3.8, 4) is 0 Å². The minimum absolute atomic E-state index is 1.63. The Morgan fingerprint density at radius 3 is 3.67 bits per heavy atom. The van der Waals surface area contributed by atoms with Gasteiger partial charge in [0, 0.05) is 13.4 Å². The Morgan fingerprint density at radius 1 is 2.33 bits per heavy atom. The quantitative estimate of drug-likeness (QED) is 0.386. The van der Waals surface area contributed by atoms with E-state index in [4.69, 9.17) is 9.60 Å². The summed E-state index contributed by atoms with van der Waals surface area (Å²) >= 11 is 4.08. The molecular formula is C4H7NS. The highest BCUT2D eigenvalue weighted by atomic mass is 32.1. The van der Waals surface area contributed by atoms with Gasteiger partial charge in [-0.25, -0.2) is 4.99 Å². The van der Waals surface area contributed by atoms with Crippen LogP contribution in [0.2, 0.25) is 0 Å². The van der Waals surface area contributed by atoms with Crippen LogP contribution in [0.15, 0.2) is 4.99 Å². The van der Waals surface area contributed by atoms with Crippen LogP contribution in [0.25, 0.3) is 0 Å². The molecule has 0 atom stereocenters. The van der Waals surface area contributed by atoms with Gasteiger partial charge in [-0.2, -0.15) is 0 Å². The maximum Gasteiger partial charge on any atom is 0.0584 e. The van der Waals surface area contributed by atoms with E-state index in [1.54, 1.807) is 5.16 Å². The third-order valence-electron chi connectivity index (χ3n) is 0.157. The molecule has 0 saturated carbocycles. The molecule has 0 unspecified atom stereocenters. The Hall–Kier alpha value is -0.200. The molecule has 6 heavy (non-hydrogen) atoms. The van der Waals surface area contributed by atoms with Crippen LogP contribution in [0.1, 0.15) is 22.8 Å². The van der Waals surface area contributed by atoms with Crippen LogP contribution >= 0.6 is 12.2 Å². The maximum absolute atomic E-state index is 7.03. The highest BCUT2D eigenvalue weighted by Gasteiger charge is 1.64. The number of thiocarbonyl (C=S) groups is 1. The number of nitrogens with zero attached hydrogens (tertiary/aromatic N) is 1. The molecule has 0 aromatic carbocycles. The van der Waals surface area contributed by atoms with Gasteiger partial charge in [-0.05, 0) is 18.6 Å². The fourth-order valence-corrected chi connectivity index (χ4v) is 0.0964. The van der Waals surface area contributed by atoms with Gasteiger partial charge < -0.3 is 0 Å². The normalized spacial score (nSPS) is 31.0. The van der Waals surface area contributed by atoms with Crippen molar-refractivity contribution in [1.29, 1.82) is 0 Å². The summed E-state index contributed by atoms with van der Waals surface area (Å²) in [6, 6.07) is 0. The first kappa shape index (κ1) is 0.960. The van der Waals surface area contributed by atoms with Crippen molar-refractivity contribution in [2.75, 3.05) is 6.50 Å². The first-order valence-electron chi connectivity index (χ1n) is 4.65. The Morgan fingerprint density at radius 2 is 3.17 bits per heavy atom. The summed E-state index contributed by atoms with van der Waals surface area (Å²) < 4.78 is 48.4. The van der Waals surface area contributed by atoms with Crippen molar-refractivity contribution >= 4 is 17.4 Å². The van der Waals surface area contributed by atoms with Crippen LogP contribution < -0.4 is 0 Å². The zero-order valence-corrected chi connectivity index (χ0v) is 3.67. The van der Waals surface area contributed by atoms with Crippen molar-refractivity contribution < 1.29 is 9.60 Å². The van der Waals surface area contributed by atoms with Gasteiger partial charge >= 0.3 is 0 Å². The fourth-order valence-electron chi connectivity index (χ4n) is 0.0508.